The highest BCUT2D eigenvalue weighted by atomic mass is 32.2. The van der Waals surface area contributed by atoms with Crippen LogP contribution >= 0.6 is 23.1 Å². The predicted molar refractivity (Wildman–Crippen MR) is 154 cm³/mol. The number of carboxylic acids is 2. The van der Waals surface area contributed by atoms with Gasteiger partial charge in [0.05, 0.1) is 27.5 Å². The number of nitrogens with zero attached hydrogens (tertiary/aromatic N) is 1. The van der Waals surface area contributed by atoms with Gasteiger partial charge in [-0.05, 0) is 73.6 Å². The molecule has 4 rings (SSSR count). The average Bonchev–Trinajstić information content (AvgIpc) is 3.26. The highest BCUT2D eigenvalue weighted by molar-refractivity contribution is 8.00. The lowest BCUT2D eigenvalue weighted by atomic mass is 9.88. The van der Waals surface area contributed by atoms with E-state index in [9.17, 15) is 29.5 Å². The van der Waals surface area contributed by atoms with Crippen molar-refractivity contribution in [2.45, 2.75) is 49.7 Å². The normalized spacial score (nSPS) is 14.9. The number of thiophene rings is 1. The lowest BCUT2D eigenvalue weighted by Gasteiger charge is -2.17. The van der Waals surface area contributed by atoms with Crippen molar-refractivity contribution < 1.29 is 29.4 Å². The van der Waals surface area contributed by atoms with Gasteiger partial charge < -0.3 is 20.8 Å². The molecule has 0 bridgehead atoms. The first-order chi connectivity index (χ1) is 19.1. The van der Waals surface area contributed by atoms with E-state index in [1.165, 1.54) is 34.0 Å². The molecule has 0 saturated heterocycles. The quantitative estimate of drug-likeness (QED) is 0.229. The number of nitrogens with one attached hydrogen (secondary N) is 2. The first kappa shape index (κ1) is 28.9. The molecule has 2 unspecified atom stereocenters. The summed E-state index contributed by atoms with van der Waals surface area (Å²) in [6.07, 6.45) is 3.30. The van der Waals surface area contributed by atoms with E-state index in [1.54, 1.807) is 24.3 Å². The summed E-state index contributed by atoms with van der Waals surface area (Å²) in [4.78, 5) is 50.8. The number of nitriles is 1. The third kappa shape index (κ3) is 6.35. The Bertz CT molecular complexity index is 1540. The topological polar surface area (TPSA) is 157 Å². The molecule has 40 heavy (non-hydrogen) atoms. The molecule has 4 N–H and O–H groups in total. The Balaban J connectivity index is 1.48. The van der Waals surface area contributed by atoms with Gasteiger partial charge in [-0.15, -0.1) is 23.1 Å². The molecule has 2 atom stereocenters. The van der Waals surface area contributed by atoms with Crippen LogP contribution in [0.3, 0.4) is 0 Å². The first-order valence-electron chi connectivity index (χ1n) is 12.6. The van der Waals surface area contributed by atoms with Crippen molar-refractivity contribution in [3.63, 3.8) is 0 Å². The van der Waals surface area contributed by atoms with Gasteiger partial charge in [-0.25, -0.2) is 9.59 Å². The number of anilines is 2. The minimum Gasteiger partial charge on any atom is -0.478 e. The van der Waals surface area contributed by atoms with Crippen LogP contribution in [0.1, 0.15) is 73.8 Å². The van der Waals surface area contributed by atoms with Gasteiger partial charge in [0.1, 0.15) is 11.1 Å². The number of hydrogen-bond donors (Lipinski definition) is 4. The molecule has 0 saturated carbocycles. The number of carbonyl (C=O) groups is 4. The summed E-state index contributed by atoms with van der Waals surface area (Å²) < 4.78 is 0. The van der Waals surface area contributed by atoms with E-state index in [0.717, 1.165) is 37.0 Å². The fraction of sp³-hybridized carbons (Fsp3) is 0.276. The number of rotatable bonds is 9. The second-order valence-electron chi connectivity index (χ2n) is 9.52. The summed E-state index contributed by atoms with van der Waals surface area (Å²) in [5.41, 5.74) is 1.15. The monoisotopic (exact) mass is 577 g/mol. The van der Waals surface area contributed by atoms with Crippen LogP contribution in [0.15, 0.2) is 47.4 Å². The van der Waals surface area contributed by atoms with Gasteiger partial charge in [0.15, 0.2) is 0 Å². The van der Waals surface area contributed by atoms with Crippen molar-refractivity contribution in [3.8, 4) is 6.07 Å². The number of carboxylic acid groups (broad SMARTS) is 2. The number of amides is 2. The molecule has 3 aromatic rings. The fourth-order valence-electron chi connectivity index (χ4n) is 4.53. The summed E-state index contributed by atoms with van der Waals surface area (Å²) >= 11 is 2.79. The molecule has 1 aromatic heterocycles. The van der Waals surface area contributed by atoms with Gasteiger partial charge in [-0.1, -0.05) is 19.9 Å². The second kappa shape index (κ2) is 12.4. The first-order valence-corrected chi connectivity index (χ1v) is 14.3. The van der Waals surface area contributed by atoms with Crippen molar-refractivity contribution in [2.75, 3.05) is 10.6 Å². The summed E-state index contributed by atoms with van der Waals surface area (Å²) in [5, 5.41) is 34.1. The van der Waals surface area contributed by atoms with Gasteiger partial charge in [-0.2, -0.15) is 5.26 Å². The molecular weight excluding hydrogens is 550 g/mol. The van der Waals surface area contributed by atoms with Crippen LogP contribution in [0.25, 0.3) is 0 Å². The zero-order chi connectivity index (χ0) is 29.0. The third-order valence-corrected chi connectivity index (χ3v) is 9.16. The maximum Gasteiger partial charge on any atom is 0.336 e. The van der Waals surface area contributed by atoms with Crippen LogP contribution in [0, 0.1) is 17.2 Å². The Morgan fingerprint density at radius 1 is 1.10 bits per heavy atom. The Hall–Kier alpha value is -4.14. The maximum atomic E-state index is 13.2. The molecule has 1 aliphatic rings. The van der Waals surface area contributed by atoms with E-state index < -0.39 is 28.7 Å². The lowest BCUT2D eigenvalue weighted by molar-refractivity contribution is -0.115. The van der Waals surface area contributed by atoms with Crippen LogP contribution in [0.5, 0.6) is 0 Å². The van der Waals surface area contributed by atoms with Crippen LogP contribution in [-0.2, 0) is 17.6 Å². The molecule has 2 amide bonds. The van der Waals surface area contributed by atoms with E-state index >= 15 is 0 Å². The molecular formula is C29H27N3O6S2. The molecule has 9 nitrogen and oxygen atoms in total. The van der Waals surface area contributed by atoms with E-state index in [0.29, 0.717) is 33.5 Å². The minimum atomic E-state index is -1.42. The largest absolute Gasteiger partial charge is 0.478 e. The Morgan fingerprint density at radius 2 is 1.88 bits per heavy atom. The number of benzene rings is 2. The minimum absolute atomic E-state index is 0.178. The number of carbonyl (C=O) groups excluding carboxylic acids is 2. The Morgan fingerprint density at radius 3 is 2.55 bits per heavy atom. The highest BCUT2D eigenvalue weighted by Crippen LogP contribution is 2.40. The predicted octanol–water partition coefficient (Wildman–Crippen LogP) is 5.90. The van der Waals surface area contributed by atoms with E-state index in [1.807, 2.05) is 6.92 Å². The van der Waals surface area contributed by atoms with Crippen LogP contribution in [0.2, 0.25) is 0 Å². The Labute approximate surface area is 239 Å². The molecule has 1 heterocycles. The van der Waals surface area contributed by atoms with E-state index in [4.69, 9.17) is 5.11 Å². The van der Waals surface area contributed by atoms with E-state index in [2.05, 4.69) is 23.6 Å². The third-order valence-electron chi connectivity index (χ3n) is 6.64. The summed E-state index contributed by atoms with van der Waals surface area (Å²) in [6.45, 7) is 4.08. The number of hydrogen-bond acceptors (Lipinski definition) is 7. The number of fused-ring (bicyclic) bond motifs is 1. The molecule has 0 fully saturated rings. The molecule has 0 spiro atoms. The summed E-state index contributed by atoms with van der Waals surface area (Å²) in [5.74, 6) is -3.09. The molecule has 0 radical (unpaired) electrons. The molecule has 206 valence electrons. The zero-order valence-corrected chi connectivity index (χ0v) is 23.4. The second-order valence-corrected chi connectivity index (χ2v) is 11.9. The van der Waals surface area contributed by atoms with Crippen LogP contribution in [-0.4, -0.2) is 39.2 Å². The number of thioether (sulfide) groups is 1. The molecule has 2 aromatic carbocycles. The van der Waals surface area contributed by atoms with Crippen molar-refractivity contribution in [2.24, 2.45) is 5.92 Å². The van der Waals surface area contributed by atoms with Gasteiger partial charge >= 0.3 is 11.9 Å². The van der Waals surface area contributed by atoms with Gasteiger partial charge in [-0.3, -0.25) is 9.59 Å². The summed E-state index contributed by atoms with van der Waals surface area (Å²) in [6, 6.07) is 12.4. The fourth-order valence-corrected chi connectivity index (χ4v) is 6.91. The SMILES string of the molecule is CCC(Sc1cccc(NC(=O)c2ccc(C(=O)O)cc2C(=O)O)c1)C(=O)Nc1sc2c(c1C#N)CCC(C)C2. The molecule has 11 heteroatoms. The summed E-state index contributed by atoms with van der Waals surface area (Å²) in [7, 11) is 0. The van der Waals surface area contributed by atoms with Crippen molar-refractivity contribution in [1.82, 2.24) is 0 Å². The maximum absolute atomic E-state index is 13.2. The van der Waals surface area contributed by atoms with Crippen molar-refractivity contribution in [1.29, 1.82) is 5.26 Å². The molecule has 1 aliphatic carbocycles. The van der Waals surface area contributed by atoms with Crippen molar-refractivity contribution >= 4 is 57.5 Å². The van der Waals surface area contributed by atoms with Crippen LogP contribution < -0.4 is 10.6 Å². The Kier molecular flexibility index (Phi) is 8.92. The van der Waals surface area contributed by atoms with Gasteiger partial charge in [0.25, 0.3) is 5.91 Å². The van der Waals surface area contributed by atoms with Crippen molar-refractivity contribution in [3.05, 3.63) is 75.2 Å². The average molecular weight is 578 g/mol. The van der Waals surface area contributed by atoms with Crippen LogP contribution in [0.4, 0.5) is 10.7 Å². The smallest absolute Gasteiger partial charge is 0.336 e. The van der Waals surface area contributed by atoms with E-state index in [-0.39, 0.29) is 17.0 Å². The number of aromatic carboxylic acids is 2. The standard InChI is InChI=1S/C29H27N3O6S2/c1-3-23(26(34)32-27-22(14-30)19-9-7-15(2)11-24(19)40-27)39-18-6-4-5-17(13-18)31-25(33)20-10-8-16(28(35)36)12-21(20)29(37)38/h4-6,8,10,12-13,15,23H,3,7,9,11H2,1-2H3,(H,31,33)(H,32,34)(H,35,36)(H,37,38). The highest BCUT2D eigenvalue weighted by Gasteiger charge is 2.27. The van der Waals surface area contributed by atoms with Gasteiger partial charge in [0, 0.05) is 15.5 Å². The lowest BCUT2D eigenvalue weighted by Crippen LogP contribution is -2.24. The zero-order valence-electron chi connectivity index (χ0n) is 21.8. The molecule has 0 aliphatic heterocycles. The van der Waals surface area contributed by atoms with Gasteiger partial charge in [0.2, 0.25) is 5.91 Å².